The van der Waals surface area contributed by atoms with Crippen LogP contribution in [0.15, 0.2) is 41.2 Å². The fourth-order valence-electron chi connectivity index (χ4n) is 3.94. The molecule has 0 bridgehead atoms. The summed E-state index contributed by atoms with van der Waals surface area (Å²) in [4.78, 5) is 16.9. The van der Waals surface area contributed by atoms with Gasteiger partial charge in [0.2, 0.25) is 0 Å². The van der Waals surface area contributed by atoms with E-state index in [9.17, 15) is 9.90 Å². The Balaban J connectivity index is 1.32. The van der Waals surface area contributed by atoms with Crippen LogP contribution in [0.4, 0.5) is 0 Å². The second-order valence-electron chi connectivity index (χ2n) is 7.56. The molecule has 0 radical (unpaired) electrons. The van der Waals surface area contributed by atoms with Gasteiger partial charge in [0.25, 0.3) is 0 Å². The molecule has 1 aliphatic carbocycles. The van der Waals surface area contributed by atoms with Gasteiger partial charge in [-0.25, -0.2) is 4.79 Å². The van der Waals surface area contributed by atoms with Gasteiger partial charge in [-0.15, -0.1) is 0 Å². The first-order valence-electron chi connectivity index (χ1n) is 10.0. The van der Waals surface area contributed by atoms with Crippen molar-refractivity contribution in [3.8, 4) is 11.5 Å². The number of aromatic amines is 2. The number of imidazole rings is 1. The number of rotatable bonds is 7. The maximum atomic E-state index is 11.5. The van der Waals surface area contributed by atoms with Crippen LogP contribution in [0, 0.1) is 0 Å². The van der Waals surface area contributed by atoms with Crippen LogP contribution >= 0.6 is 0 Å². The van der Waals surface area contributed by atoms with E-state index in [4.69, 9.17) is 9.47 Å². The van der Waals surface area contributed by atoms with Gasteiger partial charge < -0.3 is 29.9 Å². The van der Waals surface area contributed by atoms with Gasteiger partial charge in [-0.05, 0) is 61.1 Å². The second kappa shape index (κ2) is 8.71. The lowest BCUT2D eigenvalue weighted by Crippen LogP contribution is -2.39. The summed E-state index contributed by atoms with van der Waals surface area (Å²) in [7, 11) is 1.69. The quantitative estimate of drug-likeness (QED) is 0.458. The summed E-state index contributed by atoms with van der Waals surface area (Å²) in [5.74, 6) is 1.44. The van der Waals surface area contributed by atoms with E-state index >= 15 is 0 Å². The van der Waals surface area contributed by atoms with E-state index in [1.807, 2.05) is 12.1 Å². The van der Waals surface area contributed by atoms with Crippen molar-refractivity contribution in [2.75, 3.05) is 20.3 Å². The van der Waals surface area contributed by atoms with Crippen molar-refractivity contribution in [1.82, 2.24) is 15.3 Å². The van der Waals surface area contributed by atoms with Gasteiger partial charge in [-0.2, -0.15) is 0 Å². The Morgan fingerprint density at radius 2 is 2.14 bits per heavy atom. The molecule has 1 heterocycles. The van der Waals surface area contributed by atoms with Crippen molar-refractivity contribution in [3.05, 3.63) is 58.0 Å². The van der Waals surface area contributed by atoms with Crippen molar-refractivity contribution < 1.29 is 14.6 Å². The second-order valence-corrected chi connectivity index (χ2v) is 7.56. The minimum absolute atomic E-state index is 0.149. The third kappa shape index (κ3) is 4.63. The molecular formula is C22H27N3O4. The molecule has 1 aromatic heterocycles. The normalized spacial score (nSPS) is 17.5. The molecule has 0 spiro atoms. The number of ether oxygens (including phenoxy) is 2. The van der Waals surface area contributed by atoms with E-state index in [1.54, 1.807) is 19.2 Å². The lowest BCUT2D eigenvalue weighted by atomic mass is 10.0. The van der Waals surface area contributed by atoms with Crippen LogP contribution in [0.1, 0.15) is 24.0 Å². The van der Waals surface area contributed by atoms with E-state index in [-0.39, 0.29) is 12.3 Å². The monoisotopic (exact) mass is 397 g/mol. The number of methoxy groups -OCH3 is 1. The predicted octanol–water partition coefficient (Wildman–Crippen LogP) is 2.14. The van der Waals surface area contributed by atoms with Crippen LogP contribution in [0.3, 0.4) is 0 Å². The minimum atomic E-state index is -0.649. The molecule has 0 fully saturated rings. The molecule has 4 N–H and O–H groups in total. The van der Waals surface area contributed by atoms with Crippen LogP contribution < -0.4 is 20.5 Å². The zero-order valence-corrected chi connectivity index (χ0v) is 16.5. The average Bonchev–Trinajstić information content (AvgIpc) is 2.99. The predicted molar refractivity (Wildman–Crippen MR) is 112 cm³/mol. The fourth-order valence-corrected chi connectivity index (χ4v) is 3.94. The Bertz CT molecular complexity index is 1030. The number of H-pyrrole nitrogens is 2. The Hall–Kier alpha value is -2.77. The topological polar surface area (TPSA) is 99.4 Å². The maximum Gasteiger partial charge on any atom is 0.323 e. The summed E-state index contributed by atoms with van der Waals surface area (Å²) in [5, 5.41) is 13.9. The van der Waals surface area contributed by atoms with Gasteiger partial charge in [-0.1, -0.05) is 12.1 Å². The highest BCUT2D eigenvalue weighted by molar-refractivity contribution is 5.80. The first-order chi connectivity index (χ1) is 14.1. The van der Waals surface area contributed by atoms with Crippen molar-refractivity contribution in [1.29, 1.82) is 0 Å². The molecule has 0 amide bonds. The number of aromatic nitrogens is 2. The Labute approximate surface area is 169 Å². The number of hydrogen-bond donors (Lipinski definition) is 4. The lowest BCUT2D eigenvalue weighted by molar-refractivity contribution is 0.104. The SMILES string of the molecule is COc1ccc2c(c1)CC(NCC(O)COc1cccc3[nH]c(=O)[nH]c13)CCC2. The van der Waals surface area contributed by atoms with Gasteiger partial charge in [0, 0.05) is 12.6 Å². The third-order valence-electron chi connectivity index (χ3n) is 5.46. The Morgan fingerprint density at radius 1 is 1.24 bits per heavy atom. The van der Waals surface area contributed by atoms with Crippen molar-refractivity contribution >= 4 is 11.0 Å². The molecule has 2 atom stereocenters. The van der Waals surface area contributed by atoms with Gasteiger partial charge in [0.1, 0.15) is 29.7 Å². The molecule has 2 aromatic carbocycles. The summed E-state index contributed by atoms with van der Waals surface area (Å²) in [6.45, 7) is 0.597. The number of hydrogen-bond acceptors (Lipinski definition) is 5. The molecule has 3 aromatic rings. The molecule has 29 heavy (non-hydrogen) atoms. The molecule has 0 saturated carbocycles. The van der Waals surface area contributed by atoms with Crippen LogP contribution in [-0.2, 0) is 12.8 Å². The molecule has 2 unspecified atom stereocenters. The number of fused-ring (bicyclic) bond motifs is 2. The average molecular weight is 397 g/mol. The highest BCUT2D eigenvalue weighted by atomic mass is 16.5. The van der Waals surface area contributed by atoms with Gasteiger partial charge in [0.05, 0.1) is 12.6 Å². The van der Waals surface area contributed by atoms with E-state index < -0.39 is 6.10 Å². The Morgan fingerprint density at radius 3 is 3.00 bits per heavy atom. The highest BCUT2D eigenvalue weighted by Crippen LogP contribution is 2.25. The van der Waals surface area contributed by atoms with Crippen LogP contribution in [0.2, 0.25) is 0 Å². The Kier molecular flexibility index (Phi) is 5.87. The molecule has 154 valence electrons. The van der Waals surface area contributed by atoms with E-state index in [1.165, 1.54) is 11.1 Å². The summed E-state index contributed by atoms with van der Waals surface area (Å²) in [5.41, 5.74) is 3.73. The number of benzene rings is 2. The number of nitrogens with one attached hydrogen (secondary N) is 3. The van der Waals surface area contributed by atoms with Crippen LogP contribution in [-0.4, -0.2) is 47.5 Å². The van der Waals surface area contributed by atoms with E-state index in [0.717, 1.165) is 31.4 Å². The summed E-state index contributed by atoms with van der Waals surface area (Å²) in [6, 6.07) is 12.0. The first-order valence-corrected chi connectivity index (χ1v) is 10.0. The number of para-hydroxylation sites is 1. The largest absolute Gasteiger partial charge is 0.497 e. The van der Waals surface area contributed by atoms with Crippen molar-refractivity contribution in [3.63, 3.8) is 0 Å². The fraction of sp³-hybridized carbons (Fsp3) is 0.409. The van der Waals surface area contributed by atoms with Gasteiger partial charge >= 0.3 is 5.69 Å². The van der Waals surface area contributed by atoms with Crippen molar-refractivity contribution in [2.24, 2.45) is 0 Å². The molecular weight excluding hydrogens is 370 g/mol. The molecule has 1 aliphatic rings. The van der Waals surface area contributed by atoms with E-state index in [2.05, 4.69) is 27.4 Å². The van der Waals surface area contributed by atoms with Crippen LogP contribution in [0.25, 0.3) is 11.0 Å². The maximum absolute atomic E-state index is 11.5. The zero-order valence-electron chi connectivity index (χ0n) is 16.5. The zero-order chi connectivity index (χ0) is 20.2. The van der Waals surface area contributed by atoms with Crippen LogP contribution in [0.5, 0.6) is 11.5 Å². The molecule has 7 heteroatoms. The number of aliphatic hydroxyl groups is 1. The lowest BCUT2D eigenvalue weighted by Gasteiger charge is -2.20. The van der Waals surface area contributed by atoms with Crippen molar-refractivity contribution in [2.45, 2.75) is 37.8 Å². The molecule has 7 nitrogen and oxygen atoms in total. The first kappa shape index (κ1) is 19.5. The number of aryl methyl sites for hydroxylation is 1. The van der Waals surface area contributed by atoms with Gasteiger partial charge in [0.15, 0.2) is 0 Å². The molecule has 0 aliphatic heterocycles. The smallest absolute Gasteiger partial charge is 0.323 e. The summed E-state index contributed by atoms with van der Waals surface area (Å²) < 4.78 is 11.1. The summed E-state index contributed by atoms with van der Waals surface area (Å²) >= 11 is 0. The number of aliphatic hydroxyl groups excluding tert-OH is 1. The summed E-state index contributed by atoms with van der Waals surface area (Å²) in [6.07, 6.45) is 3.52. The molecule has 4 rings (SSSR count). The highest BCUT2D eigenvalue weighted by Gasteiger charge is 2.18. The van der Waals surface area contributed by atoms with E-state index in [0.29, 0.717) is 29.4 Å². The third-order valence-corrected chi connectivity index (χ3v) is 5.46. The van der Waals surface area contributed by atoms with Gasteiger partial charge in [-0.3, -0.25) is 0 Å². The molecule has 0 saturated heterocycles. The standard InChI is InChI=1S/C22H27N3O4/c1-28-18-9-8-14-4-2-5-16(10-15(14)11-18)23-12-17(26)13-29-20-7-3-6-19-21(20)25-22(27)24-19/h3,6-9,11,16-17,23,26H,2,4-5,10,12-13H2,1H3,(H2,24,25,27). The minimum Gasteiger partial charge on any atom is -0.497 e.